The van der Waals surface area contributed by atoms with Gasteiger partial charge in [0.15, 0.2) is 0 Å². The summed E-state index contributed by atoms with van der Waals surface area (Å²) in [5, 5.41) is 1.14. The molecule has 2 aromatic heterocycles. The molecule has 7 heteroatoms. The number of hydrogen-bond acceptors (Lipinski definition) is 6. The van der Waals surface area contributed by atoms with Gasteiger partial charge >= 0.3 is 11.6 Å². The van der Waals surface area contributed by atoms with E-state index in [9.17, 15) is 14.4 Å². The number of para-hydroxylation sites is 1. The second-order valence-electron chi connectivity index (χ2n) is 6.88. The molecule has 4 aromatic rings. The van der Waals surface area contributed by atoms with E-state index in [1.165, 1.54) is 17.0 Å². The van der Waals surface area contributed by atoms with E-state index in [2.05, 4.69) is 4.98 Å². The maximum Gasteiger partial charge on any atom is 0.336 e. The molecule has 7 nitrogen and oxygen atoms in total. The van der Waals surface area contributed by atoms with Crippen LogP contribution in [-0.2, 0) is 22.7 Å². The van der Waals surface area contributed by atoms with Gasteiger partial charge in [-0.3, -0.25) is 14.2 Å². The molecule has 0 radical (unpaired) electrons. The van der Waals surface area contributed by atoms with E-state index in [0.29, 0.717) is 27.4 Å². The van der Waals surface area contributed by atoms with Crippen molar-refractivity contribution in [3.05, 3.63) is 86.3 Å². The van der Waals surface area contributed by atoms with E-state index in [1.807, 2.05) is 19.9 Å². The van der Waals surface area contributed by atoms with Crippen molar-refractivity contribution in [3.63, 3.8) is 0 Å². The van der Waals surface area contributed by atoms with Crippen molar-refractivity contribution >= 4 is 27.8 Å². The lowest BCUT2D eigenvalue weighted by Gasteiger charge is -2.10. The van der Waals surface area contributed by atoms with E-state index in [1.54, 1.807) is 30.3 Å². The van der Waals surface area contributed by atoms with Crippen LogP contribution in [0.5, 0.6) is 0 Å². The third-order valence-corrected chi connectivity index (χ3v) is 4.86. The first-order valence-corrected chi connectivity index (χ1v) is 9.06. The molecule has 0 fully saturated rings. The van der Waals surface area contributed by atoms with Crippen molar-refractivity contribution in [2.24, 2.45) is 0 Å². The highest BCUT2D eigenvalue weighted by atomic mass is 16.5. The SMILES string of the molecule is Cc1cc2oc(=O)cc(COC(=O)Cn3cnc4ccccc4c3=O)c2cc1C. The molecule has 0 spiro atoms. The molecular formula is C22H18N2O5. The lowest BCUT2D eigenvalue weighted by Crippen LogP contribution is -2.25. The number of hydrogen-bond donors (Lipinski definition) is 0. The Morgan fingerprint density at radius 3 is 2.66 bits per heavy atom. The number of aromatic nitrogens is 2. The minimum atomic E-state index is -0.602. The quantitative estimate of drug-likeness (QED) is 0.393. The Balaban J connectivity index is 1.56. The Morgan fingerprint density at radius 2 is 1.83 bits per heavy atom. The van der Waals surface area contributed by atoms with Crippen molar-refractivity contribution in [1.29, 1.82) is 0 Å². The van der Waals surface area contributed by atoms with E-state index in [0.717, 1.165) is 11.1 Å². The highest BCUT2D eigenvalue weighted by Gasteiger charge is 2.12. The zero-order chi connectivity index (χ0) is 20.5. The fourth-order valence-corrected chi connectivity index (χ4v) is 3.16. The number of esters is 1. The van der Waals surface area contributed by atoms with Gasteiger partial charge in [0.1, 0.15) is 18.7 Å². The van der Waals surface area contributed by atoms with Gasteiger partial charge in [-0.05, 0) is 49.2 Å². The molecule has 0 amide bonds. The summed E-state index contributed by atoms with van der Waals surface area (Å²) in [4.78, 5) is 40.8. The number of ether oxygens (including phenoxy) is 1. The van der Waals surface area contributed by atoms with Crippen molar-refractivity contribution in [2.45, 2.75) is 27.0 Å². The van der Waals surface area contributed by atoms with Crippen LogP contribution in [0.2, 0.25) is 0 Å². The molecule has 29 heavy (non-hydrogen) atoms. The summed E-state index contributed by atoms with van der Waals surface area (Å²) >= 11 is 0. The van der Waals surface area contributed by atoms with Gasteiger partial charge in [0.05, 0.1) is 17.2 Å². The lowest BCUT2D eigenvalue weighted by molar-refractivity contribution is -0.145. The summed E-state index contributed by atoms with van der Waals surface area (Å²) < 4.78 is 11.8. The van der Waals surface area contributed by atoms with Crippen LogP contribution in [0.4, 0.5) is 0 Å². The Labute approximate surface area is 165 Å². The van der Waals surface area contributed by atoms with Crippen LogP contribution in [0, 0.1) is 13.8 Å². The molecule has 146 valence electrons. The molecule has 2 aromatic carbocycles. The monoisotopic (exact) mass is 390 g/mol. The van der Waals surface area contributed by atoms with Gasteiger partial charge < -0.3 is 9.15 Å². The first-order chi connectivity index (χ1) is 13.9. The molecule has 0 aliphatic carbocycles. The summed E-state index contributed by atoms with van der Waals surface area (Å²) in [7, 11) is 0. The smallest absolute Gasteiger partial charge is 0.336 e. The predicted octanol–water partition coefficient (Wildman–Crippen LogP) is 2.86. The average molecular weight is 390 g/mol. The molecule has 4 rings (SSSR count). The van der Waals surface area contributed by atoms with Gasteiger partial charge in [-0.15, -0.1) is 0 Å². The molecule has 0 aliphatic heterocycles. The summed E-state index contributed by atoms with van der Waals surface area (Å²) in [6.07, 6.45) is 1.32. The Morgan fingerprint density at radius 1 is 1.07 bits per heavy atom. The molecule has 0 bridgehead atoms. The second-order valence-corrected chi connectivity index (χ2v) is 6.88. The normalized spacial score (nSPS) is 11.1. The van der Waals surface area contributed by atoms with Crippen LogP contribution in [-0.4, -0.2) is 15.5 Å². The summed E-state index contributed by atoms with van der Waals surface area (Å²) in [5.41, 5.74) is 2.77. The van der Waals surface area contributed by atoms with E-state index < -0.39 is 11.6 Å². The first kappa shape index (κ1) is 18.6. The fraction of sp³-hybridized carbons (Fsp3) is 0.182. The number of carbonyl (C=O) groups is 1. The van der Waals surface area contributed by atoms with Gasteiger partial charge in [0.2, 0.25) is 0 Å². The molecule has 2 heterocycles. The highest BCUT2D eigenvalue weighted by molar-refractivity contribution is 5.82. The molecule has 0 unspecified atom stereocenters. The van der Waals surface area contributed by atoms with Crippen LogP contribution in [0.15, 0.2) is 62.8 Å². The number of benzene rings is 2. The number of rotatable bonds is 4. The Bertz CT molecular complexity index is 1370. The summed E-state index contributed by atoms with van der Waals surface area (Å²) in [6, 6.07) is 11.9. The van der Waals surface area contributed by atoms with Crippen LogP contribution >= 0.6 is 0 Å². The van der Waals surface area contributed by atoms with Crippen molar-refractivity contribution in [3.8, 4) is 0 Å². The Kier molecular flexibility index (Phi) is 4.72. The van der Waals surface area contributed by atoms with Crippen LogP contribution in [0.25, 0.3) is 21.9 Å². The van der Waals surface area contributed by atoms with E-state index in [-0.39, 0.29) is 18.7 Å². The van der Waals surface area contributed by atoms with Crippen molar-refractivity contribution in [2.75, 3.05) is 0 Å². The molecule has 0 aliphatic rings. The highest BCUT2D eigenvalue weighted by Crippen LogP contribution is 2.22. The molecular weight excluding hydrogens is 372 g/mol. The minimum absolute atomic E-state index is 0.0980. The number of aryl methyl sites for hydroxylation is 2. The second kappa shape index (κ2) is 7.35. The predicted molar refractivity (Wildman–Crippen MR) is 108 cm³/mol. The van der Waals surface area contributed by atoms with Gasteiger partial charge in [-0.25, -0.2) is 9.78 Å². The van der Waals surface area contributed by atoms with Crippen LogP contribution < -0.4 is 11.2 Å². The number of fused-ring (bicyclic) bond motifs is 2. The number of nitrogens with zero attached hydrogens (tertiary/aromatic N) is 2. The zero-order valence-electron chi connectivity index (χ0n) is 16.0. The summed E-state index contributed by atoms with van der Waals surface area (Å²) in [6.45, 7) is 3.51. The van der Waals surface area contributed by atoms with E-state index >= 15 is 0 Å². The van der Waals surface area contributed by atoms with Gasteiger partial charge in [-0.1, -0.05) is 12.1 Å². The van der Waals surface area contributed by atoms with Gasteiger partial charge in [0, 0.05) is 17.0 Å². The maximum atomic E-state index is 12.5. The van der Waals surface area contributed by atoms with Crippen molar-refractivity contribution in [1.82, 2.24) is 9.55 Å². The largest absolute Gasteiger partial charge is 0.459 e. The average Bonchev–Trinajstić information content (AvgIpc) is 2.70. The standard InChI is InChI=1S/C22H18N2O5/c1-13-7-17-15(9-20(25)29-19(17)8-14(13)2)11-28-21(26)10-24-12-23-18-6-4-3-5-16(18)22(24)27/h3-9,12H,10-11H2,1-2H3. The topological polar surface area (TPSA) is 91.4 Å². The first-order valence-electron chi connectivity index (χ1n) is 9.06. The lowest BCUT2D eigenvalue weighted by atomic mass is 10.0. The van der Waals surface area contributed by atoms with E-state index in [4.69, 9.17) is 9.15 Å². The minimum Gasteiger partial charge on any atom is -0.459 e. The van der Waals surface area contributed by atoms with Gasteiger partial charge in [-0.2, -0.15) is 0 Å². The maximum absolute atomic E-state index is 12.5. The third-order valence-electron chi connectivity index (χ3n) is 4.86. The van der Waals surface area contributed by atoms with Crippen molar-refractivity contribution < 1.29 is 13.9 Å². The van der Waals surface area contributed by atoms with Crippen LogP contribution in [0.3, 0.4) is 0 Å². The Hall–Kier alpha value is -3.74. The molecule has 0 atom stereocenters. The zero-order valence-corrected chi connectivity index (χ0v) is 16.0. The fourth-order valence-electron chi connectivity index (χ4n) is 3.16. The van der Waals surface area contributed by atoms with Crippen LogP contribution in [0.1, 0.15) is 16.7 Å². The summed E-state index contributed by atoms with van der Waals surface area (Å²) in [5.74, 6) is -0.602. The molecule has 0 N–H and O–H groups in total. The molecule has 0 saturated heterocycles. The number of carbonyl (C=O) groups excluding carboxylic acids is 1. The third kappa shape index (κ3) is 3.67. The molecule has 0 saturated carbocycles. The van der Waals surface area contributed by atoms with Gasteiger partial charge in [0.25, 0.3) is 5.56 Å².